The number of carbonyl (C=O) groups excluding carboxylic acids is 2. The standard InChI is InChI=1S/C19H25ClN2O2/c1-14-6-4-5-11-22(14)18(23)15-9-12-21(13-10-15)19(24)16-7-2-3-8-17(16)20/h2-3,7-8,14-15H,4-6,9-13H2,1H3. The number of benzene rings is 1. The second-order valence-electron chi connectivity index (χ2n) is 6.92. The lowest BCUT2D eigenvalue weighted by Gasteiger charge is -2.38. The van der Waals surface area contributed by atoms with Crippen LogP contribution in [0.5, 0.6) is 0 Å². The van der Waals surface area contributed by atoms with Crippen molar-refractivity contribution < 1.29 is 9.59 Å². The number of carbonyl (C=O) groups is 2. The number of halogens is 1. The number of rotatable bonds is 2. The van der Waals surface area contributed by atoms with Gasteiger partial charge >= 0.3 is 0 Å². The lowest BCUT2D eigenvalue weighted by atomic mass is 9.92. The average Bonchev–Trinajstić information content (AvgIpc) is 2.61. The summed E-state index contributed by atoms with van der Waals surface area (Å²) in [4.78, 5) is 29.2. The van der Waals surface area contributed by atoms with Crippen LogP contribution in [0.25, 0.3) is 0 Å². The first-order valence-electron chi connectivity index (χ1n) is 8.92. The molecule has 0 radical (unpaired) electrons. The molecule has 1 aromatic rings. The molecule has 1 atom stereocenters. The van der Waals surface area contributed by atoms with Crippen LogP contribution in [-0.4, -0.2) is 47.3 Å². The predicted molar refractivity (Wildman–Crippen MR) is 95.1 cm³/mol. The van der Waals surface area contributed by atoms with E-state index in [0.29, 0.717) is 29.7 Å². The molecule has 1 aromatic carbocycles. The van der Waals surface area contributed by atoms with Gasteiger partial charge in [0.15, 0.2) is 0 Å². The summed E-state index contributed by atoms with van der Waals surface area (Å²) in [5.41, 5.74) is 0.550. The molecule has 2 aliphatic rings. The van der Waals surface area contributed by atoms with Crippen molar-refractivity contribution in [2.24, 2.45) is 5.92 Å². The first-order chi connectivity index (χ1) is 11.6. The van der Waals surface area contributed by atoms with E-state index in [1.807, 2.05) is 17.0 Å². The Morgan fingerprint density at radius 3 is 2.42 bits per heavy atom. The smallest absolute Gasteiger partial charge is 0.255 e. The molecule has 0 bridgehead atoms. The van der Waals surface area contributed by atoms with E-state index in [4.69, 9.17) is 11.6 Å². The van der Waals surface area contributed by atoms with Crippen molar-refractivity contribution in [2.75, 3.05) is 19.6 Å². The second kappa shape index (κ2) is 7.56. The molecule has 0 saturated carbocycles. The van der Waals surface area contributed by atoms with Gasteiger partial charge in [-0.25, -0.2) is 0 Å². The summed E-state index contributed by atoms with van der Waals surface area (Å²) >= 11 is 6.13. The van der Waals surface area contributed by atoms with Crippen LogP contribution in [0.3, 0.4) is 0 Å². The van der Waals surface area contributed by atoms with E-state index in [9.17, 15) is 9.59 Å². The maximum absolute atomic E-state index is 12.8. The first kappa shape index (κ1) is 17.3. The highest BCUT2D eigenvalue weighted by atomic mass is 35.5. The number of hydrogen-bond acceptors (Lipinski definition) is 2. The predicted octanol–water partition coefficient (Wildman–Crippen LogP) is 3.59. The summed E-state index contributed by atoms with van der Waals surface area (Å²) < 4.78 is 0. The molecule has 2 saturated heterocycles. The average molecular weight is 349 g/mol. The third-order valence-electron chi connectivity index (χ3n) is 5.32. The van der Waals surface area contributed by atoms with E-state index >= 15 is 0 Å². The fourth-order valence-electron chi connectivity index (χ4n) is 3.79. The summed E-state index contributed by atoms with van der Waals surface area (Å²) in [6, 6.07) is 7.51. The minimum Gasteiger partial charge on any atom is -0.340 e. The molecule has 0 spiro atoms. The van der Waals surface area contributed by atoms with E-state index in [1.165, 1.54) is 6.42 Å². The van der Waals surface area contributed by atoms with Gasteiger partial charge in [-0.2, -0.15) is 0 Å². The van der Waals surface area contributed by atoms with E-state index in [1.54, 1.807) is 12.1 Å². The van der Waals surface area contributed by atoms with Crippen LogP contribution < -0.4 is 0 Å². The third-order valence-corrected chi connectivity index (χ3v) is 5.65. The van der Waals surface area contributed by atoms with Crippen LogP contribution in [0.15, 0.2) is 24.3 Å². The minimum absolute atomic E-state index is 0.0298. The Bertz CT molecular complexity index is 611. The van der Waals surface area contributed by atoms with E-state index < -0.39 is 0 Å². The second-order valence-corrected chi connectivity index (χ2v) is 7.33. The molecule has 2 heterocycles. The number of nitrogens with zero attached hydrogens (tertiary/aromatic N) is 2. The van der Waals surface area contributed by atoms with E-state index in [-0.39, 0.29) is 17.7 Å². The fraction of sp³-hybridized carbons (Fsp3) is 0.579. The Labute approximate surface area is 148 Å². The number of piperidine rings is 2. The van der Waals surface area contributed by atoms with Crippen molar-refractivity contribution in [2.45, 2.75) is 45.1 Å². The molecule has 0 aliphatic carbocycles. The largest absolute Gasteiger partial charge is 0.340 e. The number of amides is 2. The van der Waals surface area contributed by atoms with Crippen LogP contribution >= 0.6 is 11.6 Å². The van der Waals surface area contributed by atoms with Gasteiger partial charge in [-0.15, -0.1) is 0 Å². The third kappa shape index (κ3) is 3.59. The summed E-state index contributed by atoms with van der Waals surface area (Å²) in [5.74, 6) is 0.311. The van der Waals surface area contributed by atoms with Crippen LogP contribution in [0.1, 0.15) is 49.4 Å². The summed E-state index contributed by atoms with van der Waals surface area (Å²) in [5, 5.41) is 0.489. The fourth-order valence-corrected chi connectivity index (χ4v) is 4.01. The van der Waals surface area contributed by atoms with Gasteiger partial charge < -0.3 is 9.80 Å². The maximum atomic E-state index is 12.8. The number of likely N-dealkylation sites (tertiary alicyclic amines) is 2. The van der Waals surface area contributed by atoms with Crippen molar-refractivity contribution in [1.29, 1.82) is 0 Å². The Balaban J connectivity index is 1.58. The van der Waals surface area contributed by atoms with Crippen molar-refractivity contribution in [3.63, 3.8) is 0 Å². The van der Waals surface area contributed by atoms with Crippen LogP contribution in [0, 0.1) is 5.92 Å². The van der Waals surface area contributed by atoms with Gasteiger partial charge in [0.1, 0.15) is 0 Å². The summed E-state index contributed by atoms with van der Waals surface area (Å²) in [6.07, 6.45) is 4.93. The Morgan fingerprint density at radius 1 is 1.04 bits per heavy atom. The normalized spacial score (nSPS) is 22.5. The Hall–Kier alpha value is -1.55. The molecule has 2 fully saturated rings. The van der Waals surface area contributed by atoms with E-state index in [2.05, 4.69) is 11.8 Å². The van der Waals surface area contributed by atoms with Crippen molar-refractivity contribution >= 4 is 23.4 Å². The molecular weight excluding hydrogens is 324 g/mol. The van der Waals surface area contributed by atoms with Gasteiger partial charge in [0, 0.05) is 31.6 Å². The summed E-state index contributed by atoms with van der Waals surface area (Å²) in [6.45, 7) is 4.29. The quantitative estimate of drug-likeness (QED) is 0.819. The van der Waals surface area contributed by atoms with Crippen LogP contribution in [0.4, 0.5) is 0 Å². The Kier molecular flexibility index (Phi) is 5.44. The molecule has 130 valence electrons. The first-order valence-corrected chi connectivity index (χ1v) is 9.30. The molecule has 2 aliphatic heterocycles. The highest BCUT2D eigenvalue weighted by Crippen LogP contribution is 2.26. The highest BCUT2D eigenvalue weighted by Gasteiger charge is 2.33. The van der Waals surface area contributed by atoms with Crippen LogP contribution in [-0.2, 0) is 4.79 Å². The molecule has 0 aromatic heterocycles. The molecular formula is C19H25ClN2O2. The minimum atomic E-state index is -0.0298. The highest BCUT2D eigenvalue weighted by molar-refractivity contribution is 6.33. The van der Waals surface area contributed by atoms with Gasteiger partial charge in [-0.1, -0.05) is 23.7 Å². The zero-order valence-electron chi connectivity index (χ0n) is 14.2. The van der Waals surface area contributed by atoms with Crippen molar-refractivity contribution in [1.82, 2.24) is 9.80 Å². The van der Waals surface area contributed by atoms with Gasteiger partial charge in [0.25, 0.3) is 5.91 Å². The van der Waals surface area contributed by atoms with Crippen molar-refractivity contribution in [3.8, 4) is 0 Å². The van der Waals surface area contributed by atoms with Crippen LogP contribution in [0.2, 0.25) is 5.02 Å². The van der Waals surface area contributed by atoms with Gasteiger partial charge in [-0.05, 0) is 51.2 Å². The lowest BCUT2D eigenvalue weighted by molar-refractivity contribution is -0.140. The zero-order valence-corrected chi connectivity index (χ0v) is 15.0. The molecule has 0 N–H and O–H groups in total. The van der Waals surface area contributed by atoms with Gasteiger partial charge in [0.2, 0.25) is 5.91 Å². The van der Waals surface area contributed by atoms with Gasteiger partial charge in [-0.3, -0.25) is 9.59 Å². The molecule has 1 unspecified atom stereocenters. The topological polar surface area (TPSA) is 40.6 Å². The Morgan fingerprint density at radius 2 is 1.75 bits per heavy atom. The molecule has 2 amide bonds. The molecule has 3 rings (SSSR count). The lowest BCUT2D eigenvalue weighted by Crippen LogP contribution is -2.48. The number of hydrogen-bond donors (Lipinski definition) is 0. The SMILES string of the molecule is CC1CCCCN1C(=O)C1CCN(C(=O)c2ccccc2Cl)CC1. The molecule has 4 nitrogen and oxygen atoms in total. The molecule has 5 heteroatoms. The monoisotopic (exact) mass is 348 g/mol. The van der Waals surface area contributed by atoms with E-state index in [0.717, 1.165) is 32.2 Å². The maximum Gasteiger partial charge on any atom is 0.255 e. The van der Waals surface area contributed by atoms with Crippen molar-refractivity contribution in [3.05, 3.63) is 34.9 Å². The zero-order chi connectivity index (χ0) is 17.1. The summed E-state index contributed by atoms with van der Waals surface area (Å²) in [7, 11) is 0. The molecule has 24 heavy (non-hydrogen) atoms. The van der Waals surface area contributed by atoms with Gasteiger partial charge in [0.05, 0.1) is 10.6 Å².